The number of aliphatic hydroxyl groups excluding tert-OH is 1. The standard InChI is InChI=1S/C14H19ClN2O2/c1-9-6-7-17(8-13(9)18)14(19)16-12-5-3-4-11(15)10(12)2/h3-5,9,13,18H,6-8H2,1-2H3,(H,16,19). The predicted octanol–water partition coefficient (Wildman–Crippen LogP) is 2.88. The zero-order valence-corrected chi connectivity index (χ0v) is 11.9. The summed E-state index contributed by atoms with van der Waals surface area (Å²) in [5.41, 5.74) is 1.56. The number of nitrogens with one attached hydrogen (secondary N) is 1. The van der Waals surface area contributed by atoms with Gasteiger partial charge in [-0.25, -0.2) is 4.79 Å². The maximum absolute atomic E-state index is 12.1. The van der Waals surface area contributed by atoms with Gasteiger partial charge in [0, 0.05) is 23.8 Å². The van der Waals surface area contributed by atoms with E-state index in [1.807, 2.05) is 19.9 Å². The third-order valence-corrected chi connectivity index (χ3v) is 4.12. The van der Waals surface area contributed by atoms with Crippen molar-refractivity contribution in [2.75, 3.05) is 18.4 Å². The lowest BCUT2D eigenvalue weighted by atomic mass is 9.96. The van der Waals surface area contributed by atoms with Crippen LogP contribution in [0.3, 0.4) is 0 Å². The first-order valence-electron chi connectivity index (χ1n) is 6.48. The molecule has 1 aliphatic rings. The van der Waals surface area contributed by atoms with Gasteiger partial charge in [0.15, 0.2) is 0 Å². The van der Waals surface area contributed by atoms with E-state index in [2.05, 4.69) is 5.32 Å². The number of rotatable bonds is 1. The van der Waals surface area contributed by atoms with Crippen molar-refractivity contribution in [3.05, 3.63) is 28.8 Å². The van der Waals surface area contributed by atoms with Gasteiger partial charge in [0.2, 0.25) is 0 Å². The van der Waals surface area contributed by atoms with Crippen LogP contribution in [0.5, 0.6) is 0 Å². The number of aliphatic hydroxyl groups is 1. The molecule has 0 aromatic heterocycles. The van der Waals surface area contributed by atoms with E-state index in [0.29, 0.717) is 23.8 Å². The van der Waals surface area contributed by atoms with Crippen LogP contribution in [-0.2, 0) is 0 Å². The molecule has 1 saturated heterocycles. The maximum Gasteiger partial charge on any atom is 0.321 e. The molecule has 0 saturated carbocycles. The zero-order chi connectivity index (χ0) is 14.0. The fourth-order valence-corrected chi connectivity index (χ4v) is 2.35. The van der Waals surface area contributed by atoms with Gasteiger partial charge in [-0.2, -0.15) is 0 Å². The number of carbonyl (C=O) groups is 1. The summed E-state index contributed by atoms with van der Waals surface area (Å²) in [5.74, 6) is 0.247. The number of anilines is 1. The fraction of sp³-hybridized carbons (Fsp3) is 0.500. The average Bonchev–Trinajstić information content (AvgIpc) is 2.38. The SMILES string of the molecule is Cc1c(Cl)cccc1NC(=O)N1CCC(C)C(O)C1. The molecule has 5 heteroatoms. The Kier molecular flexibility index (Phi) is 4.32. The number of β-amino-alcohol motifs (C(OH)–C–C–N with tert-alkyl or cyclic N) is 1. The number of piperidine rings is 1. The van der Waals surface area contributed by atoms with E-state index in [-0.39, 0.29) is 11.9 Å². The second-order valence-electron chi connectivity index (χ2n) is 5.12. The first kappa shape index (κ1) is 14.2. The van der Waals surface area contributed by atoms with Crippen molar-refractivity contribution in [1.82, 2.24) is 4.90 Å². The Morgan fingerprint density at radius 1 is 1.53 bits per heavy atom. The van der Waals surface area contributed by atoms with E-state index in [4.69, 9.17) is 11.6 Å². The van der Waals surface area contributed by atoms with E-state index in [1.54, 1.807) is 17.0 Å². The molecule has 1 heterocycles. The molecule has 0 bridgehead atoms. The highest BCUT2D eigenvalue weighted by atomic mass is 35.5. The molecular weight excluding hydrogens is 264 g/mol. The molecule has 4 nitrogen and oxygen atoms in total. The summed E-state index contributed by atoms with van der Waals surface area (Å²) in [6.45, 7) is 4.92. The van der Waals surface area contributed by atoms with Gasteiger partial charge in [-0.05, 0) is 37.0 Å². The van der Waals surface area contributed by atoms with Crippen molar-refractivity contribution < 1.29 is 9.90 Å². The second kappa shape index (κ2) is 5.80. The van der Waals surface area contributed by atoms with Gasteiger partial charge in [0.05, 0.1) is 6.10 Å². The van der Waals surface area contributed by atoms with Crippen LogP contribution in [0.1, 0.15) is 18.9 Å². The Morgan fingerprint density at radius 3 is 2.95 bits per heavy atom. The Bertz CT molecular complexity index is 479. The van der Waals surface area contributed by atoms with Gasteiger partial charge in [0.25, 0.3) is 0 Å². The monoisotopic (exact) mass is 282 g/mol. The van der Waals surface area contributed by atoms with E-state index in [0.717, 1.165) is 12.0 Å². The topological polar surface area (TPSA) is 52.6 Å². The number of amides is 2. The van der Waals surface area contributed by atoms with Crippen molar-refractivity contribution in [3.8, 4) is 0 Å². The lowest BCUT2D eigenvalue weighted by molar-refractivity contribution is 0.0464. The van der Waals surface area contributed by atoms with Gasteiger partial charge in [-0.15, -0.1) is 0 Å². The van der Waals surface area contributed by atoms with Crippen LogP contribution < -0.4 is 5.32 Å². The average molecular weight is 283 g/mol. The highest BCUT2D eigenvalue weighted by Gasteiger charge is 2.27. The van der Waals surface area contributed by atoms with Gasteiger partial charge < -0.3 is 15.3 Å². The van der Waals surface area contributed by atoms with Gasteiger partial charge in [-0.3, -0.25) is 0 Å². The van der Waals surface area contributed by atoms with Crippen molar-refractivity contribution in [2.24, 2.45) is 5.92 Å². The largest absolute Gasteiger partial charge is 0.391 e. The molecule has 1 aliphatic heterocycles. The Balaban J connectivity index is 2.03. The molecule has 0 aliphatic carbocycles. The van der Waals surface area contributed by atoms with E-state index < -0.39 is 6.10 Å². The van der Waals surface area contributed by atoms with Crippen molar-refractivity contribution in [3.63, 3.8) is 0 Å². The number of hydrogen-bond acceptors (Lipinski definition) is 2. The quantitative estimate of drug-likeness (QED) is 0.832. The minimum absolute atomic E-state index is 0.184. The van der Waals surface area contributed by atoms with Crippen LogP contribution in [0.2, 0.25) is 5.02 Å². The van der Waals surface area contributed by atoms with Crippen LogP contribution >= 0.6 is 11.6 Å². The molecule has 2 rings (SSSR count). The number of benzene rings is 1. The number of likely N-dealkylation sites (tertiary alicyclic amines) is 1. The molecule has 2 N–H and O–H groups in total. The predicted molar refractivity (Wildman–Crippen MR) is 76.6 cm³/mol. The van der Waals surface area contributed by atoms with E-state index in [1.165, 1.54) is 0 Å². The molecule has 1 fully saturated rings. The van der Waals surface area contributed by atoms with Crippen LogP contribution in [0, 0.1) is 12.8 Å². The first-order valence-corrected chi connectivity index (χ1v) is 6.86. The molecule has 1 aromatic rings. The molecule has 19 heavy (non-hydrogen) atoms. The number of carbonyl (C=O) groups excluding carboxylic acids is 1. The molecule has 2 atom stereocenters. The Hall–Kier alpha value is -1.26. The summed E-state index contributed by atoms with van der Waals surface area (Å²) >= 11 is 6.02. The molecule has 2 amide bonds. The summed E-state index contributed by atoms with van der Waals surface area (Å²) in [4.78, 5) is 13.8. The van der Waals surface area contributed by atoms with Crippen LogP contribution in [-0.4, -0.2) is 35.2 Å². The highest BCUT2D eigenvalue weighted by molar-refractivity contribution is 6.31. The van der Waals surface area contributed by atoms with Crippen LogP contribution in [0.15, 0.2) is 18.2 Å². The summed E-state index contributed by atoms with van der Waals surface area (Å²) in [7, 11) is 0. The summed E-state index contributed by atoms with van der Waals surface area (Å²) in [6, 6.07) is 5.23. The highest BCUT2D eigenvalue weighted by Crippen LogP contribution is 2.24. The first-order chi connectivity index (χ1) is 8.99. The van der Waals surface area contributed by atoms with Crippen LogP contribution in [0.4, 0.5) is 10.5 Å². The zero-order valence-electron chi connectivity index (χ0n) is 11.2. The number of halogens is 1. The summed E-state index contributed by atoms with van der Waals surface area (Å²) in [6.07, 6.45) is 0.378. The molecule has 1 aromatic carbocycles. The van der Waals surface area contributed by atoms with Gasteiger partial charge in [-0.1, -0.05) is 24.6 Å². The maximum atomic E-state index is 12.1. The Labute approximate surface area is 118 Å². The van der Waals surface area contributed by atoms with E-state index >= 15 is 0 Å². The summed E-state index contributed by atoms with van der Waals surface area (Å²) in [5, 5.41) is 13.3. The van der Waals surface area contributed by atoms with E-state index in [9.17, 15) is 9.90 Å². The molecular formula is C14H19ClN2O2. The van der Waals surface area contributed by atoms with Gasteiger partial charge in [0.1, 0.15) is 0 Å². The third kappa shape index (κ3) is 3.19. The van der Waals surface area contributed by atoms with Crippen molar-refractivity contribution >= 4 is 23.3 Å². The van der Waals surface area contributed by atoms with Crippen LogP contribution in [0.25, 0.3) is 0 Å². The molecule has 104 valence electrons. The lowest BCUT2D eigenvalue weighted by Gasteiger charge is -2.34. The number of nitrogens with zero attached hydrogens (tertiary/aromatic N) is 1. The molecule has 2 unspecified atom stereocenters. The van der Waals surface area contributed by atoms with Gasteiger partial charge >= 0.3 is 6.03 Å². The number of urea groups is 1. The smallest absolute Gasteiger partial charge is 0.321 e. The lowest BCUT2D eigenvalue weighted by Crippen LogP contribution is -2.47. The fourth-order valence-electron chi connectivity index (χ4n) is 2.17. The summed E-state index contributed by atoms with van der Waals surface area (Å²) < 4.78 is 0. The Morgan fingerprint density at radius 2 is 2.26 bits per heavy atom. The molecule has 0 radical (unpaired) electrons. The van der Waals surface area contributed by atoms with Crippen molar-refractivity contribution in [2.45, 2.75) is 26.4 Å². The normalized spacial score (nSPS) is 23.3. The second-order valence-corrected chi connectivity index (χ2v) is 5.53. The third-order valence-electron chi connectivity index (χ3n) is 3.72. The molecule has 0 spiro atoms. The minimum Gasteiger partial charge on any atom is -0.391 e. The number of hydrogen-bond donors (Lipinski definition) is 2. The van der Waals surface area contributed by atoms with Crippen molar-refractivity contribution in [1.29, 1.82) is 0 Å². The minimum atomic E-state index is -0.444.